The number of morpholine rings is 1. The number of alkyl halides is 3. The van der Waals surface area contributed by atoms with Gasteiger partial charge in [0.15, 0.2) is 0 Å². The molecule has 0 aliphatic carbocycles. The van der Waals surface area contributed by atoms with E-state index in [0.717, 1.165) is 86.1 Å². The summed E-state index contributed by atoms with van der Waals surface area (Å²) >= 11 is 0. The van der Waals surface area contributed by atoms with Crippen molar-refractivity contribution in [2.24, 2.45) is 0 Å². The number of nitrogens with zero attached hydrogens (tertiary/aromatic N) is 5. The Morgan fingerprint density at radius 1 is 0.936 bits per heavy atom. The summed E-state index contributed by atoms with van der Waals surface area (Å²) in [5, 5.41) is 15.3. The smallest absolute Gasteiger partial charge is 0.490 e. The minimum Gasteiger partial charge on any atom is -0.496 e. The molecular weight excluding hydrogens is 621 g/mol. The van der Waals surface area contributed by atoms with Crippen molar-refractivity contribution >= 4 is 28.8 Å². The van der Waals surface area contributed by atoms with Gasteiger partial charge in [0.05, 0.1) is 63.2 Å². The fourth-order valence-corrected chi connectivity index (χ4v) is 5.78. The molecule has 0 radical (unpaired) electrons. The molecule has 15 heteroatoms. The number of nitrogens with one attached hydrogen (secondary N) is 1. The standard InChI is InChI=1S/C30H36N6O4.C2HF3O2/c1-37-26-5-4-6-27(38-2)29(26)25-10-8-23-20-31-30(33-36(23)25)32-24-9-7-22(19-28(24)39-3)34-13-11-21(12-14-34)35-15-17-40-18-16-35;3-2(4,5)1(6)7/h4-10,19-21H,11-18H2,1-3H3,(H,32,33);(H,6,7). The van der Waals surface area contributed by atoms with Gasteiger partial charge in [-0.25, -0.2) is 14.3 Å². The van der Waals surface area contributed by atoms with Crippen LogP contribution in [0.3, 0.4) is 0 Å². The highest BCUT2D eigenvalue weighted by molar-refractivity contribution is 5.78. The van der Waals surface area contributed by atoms with Gasteiger partial charge < -0.3 is 34.3 Å². The number of carboxylic acid groups (broad SMARTS) is 1. The predicted octanol–water partition coefficient (Wildman–Crippen LogP) is 5.10. The third-order valence-electron chi connectivity index (χ3n) is 8.15. The molecule has 0 atom stereocenters. The summed E-state index contributed by atoms with van der Waals surface area (Å²) < 4.78 is 56.2. The third kappa shape index (κ3) is 7.80. The Balaban J connectivity index is 0.000000559. The molecule has 12 nitrogen and oxygen atoms in total. The predicted molar refractivity (Wildman–Crippen MR) is 169 cm³/mol. The number of fused-ring (bicyclic) bond motifs is 1. The Morgan fingerprint density at radius 2 is 1.57 bits per heavy atom. The molecule has 2 aliphatic rings. The third-order valence-corrected chi connectivity index (χ3v) is 8.15. The molecule has 252 valence electrons. The van der Waals surface area contributed by atoms with E-state index in [1.54, 1.807) is 27.5 Å². The van der Waals surface area contributed by atoms with Crippen LogP contribution in [-0.4, -0.2) is 104 Å². The van der Waals surface area contributed by atoms with Crippen molar-refractivity contribution in [1.29, 1.82) is 0 Å². The second kappa shape index (κ2) is 14.8. The van der Waals surface area contributed by atoms with Crippen molar-refractivity contribution in [3.8, 4) is 28.5 Å². The summed E-state index contributed by atoms with van der Waals surface area (Å²) in [5.41, 5.74) is 4.50. The number of carbonyl (C=O) groups is 1. The molecule has 4 aromatic rings. The van der Waals surface area contributed by atoms with Crippen LogP contribution in [0.1, 0.15) is 12.8 Å². The highest BCUT2D eigenvalue weighted by Crippen LogP contribution is 2.39. The first-order valence-corrected chi connectivity index (χ1v) is 15.0. The van der Waals surface area contributed by atoms with Crippen molar-refractivity contribution in [1.82, 2.24) is 19.5 Å². The topological polar surface area (TPSA) is 123 Å². The van der Waals surface area contributed by atoms with E-state index in [0.29, 0.717) is 23.5 Å². The highest BCUT2D eigenvalue weighted by Gasteiger charge is 2.38. The number of carboxylic acids is 1. The number of benzene rings is 2. The van der Waals surface area contributed by atoms with Gasteiger partial charge in [0.1, 0.15) is 17.2 Å². The number of methoxy groups -OCH3 is 3. The van der Waals surface area contributed by atoms with Crippen molar-refractivity contribution in [3.63, 3.8) is 0 Å². The van der Waals surface area contributed by atoms with Crippen LogP contribution < -0.4 is 24.4 Å². The zero-order chi connectivity index (χ0) is 33.6. The molecule has 2 aromatic heterocycles. The number of halogens is 3. The first-order valence-electron chi connectivity index (χ1n) is 15.0. The maximum absolute atomic E-state index is 10.6. The van der Waals surface area contributed by atoms with E-state index in [4.69, 9.17) is 33.9 Å². The van der Waals surface area contributed by atoms with Crippen LogP contribution in [-0.2, 0) is 9.53 Å². The quantitative estimate of drug-likeness (QED) is 0.263. The van der Waals surface area contributed by atoms with Gasteiger partial charge in [-0.3, -0.25) is 4.90 Å². The van der Waals surface area contributed by atoms with Crippen molar-refractivity contribution in [2.45, 2.75) is 25.1 Å². The molecule has 2 N–H and O–H groups in total. The van der Waals surface area contributed by atoms with Crippen LogP contribution in [0.2, 0.25) is 0 Å². The van der Waals surface area contributed by atoms with Gasteiger partial charge in [0.25, 0.3) is 0 Å². The maximum atomic E-state index is 10.6. The Bertz CT molecular complexity index is 1650. The lowest BCUT2D eigenvalue weighted by molar-refractivity contribution is -0.192. The first kappa shape index (κ1) is 33.6. The molecule has 0 amide bonds. The lowest BCUT2D eigenvalue weighted by Crippen LogP contribution is -2.49. The molecular formula is C32H37F3N6O6. The van der Waals surface area contributed by atoms with Crippen LogP contribution in [0.25, 0.3) is 16.8 Å². The van der Waals surface area contributed by atoms with E-state index in [2.05, 4.69) is 32.2 Å². The molecule has 47 heavy (non-hydrogen) atoms. The van der Waals surface area contributed by atoms with Gasteiger partial charge in [-0.2, -0.15) is 13.2 Å². The number of hydrogen-bond acceptors (Lipinski definition) is 10. The average molecular weight is 659 g/mol. The van der Waals surface area contributed by atoms with Crippen molar-refractivity contribution in [2.75, 3.05) is 70.9 Å². The number of aromatic nitrogens is 3. The van der Waals surface area contributed by atoms with E-state index >= 15 is 0 Å². The number of hydrogen-bond donors (Lipinski definition) is 2. The number of rotatable bonds is 8. The molecule has 6 rings (SSSR count). The molecule has 0 bridgehead atoms. The van der Waals surface area contributed by atoms with Crippen molar-refractivity contribution < 1.29 is 42.0 Å². The normalized spacial score (nSPS) is 15.9. The van der Waals surface area contributed by atoms with E-state index in [1.165, 1.54) is 0 Å². The maximum Gasteiger partial charge on any atom is 0.490 e. The molecule has 0 spiro atoms. The highest BCUT2D eigenvalue weighted by atomic mass is 19.4. The van der Waals surface area contributed by atoms with Crippen LogP contribution >= 0.6 is 0 Å². The Morgan fingerprint density at radius 3 is 2.17 bits per heavy atom. The summed E-state index contributed by atoms with van der Waals surface area (Å²) in [7, 11) is 4.99. The Hall–Kier alpha value is -4.76. The molecule has 2 aromatic carbocycles. The number of aliphatic carboxylic acids is 1. The molecule has 4 heterocycles. The average Bonchev–Trinajstić information content (AvgIpc) is 3.51. The number of ether oxygens (including phenoxy) is 4. The number of piperidine rings is 1. The molecule has 2 aliphatic heterocycles. The molecule has 2 saturated heterocycles. The van der Waals surface area contributed by atoms with E-state index < -0.39 is 12.1 Å². The second-order valence-electron chi connectivity index (χ2n) is 10.9. The summed E-state index contributed by atoms with van der Waals surface area (Å²) in [5.74, 6) is -0.142. The SMILES string of the molecule is COc1cc(N2CCC(N3CCOCC3)CC2)ccc1Nc1ncc2ccc(-c3c(OC)cccc3OC)n2n1.O=C(O)C(F)(F)F. The van der Waals surface area contributed by atoms with Crippen molar-refractivity contribution in [3.05, 3.63) is 54.7 Å². The van der Waals surface area contributed by atoms with Gasteiger partial charge in [-0.1, -0.05) is 6.07 Å². The van der Waals surface area contributed by atoms with Crippen LogP contribution in [0.15, 0.2) is 54.7 Å². The Labute approximate surface area is 269 Å². The van der Waals surface area contributed by atoms with E-state index in [9.17, 15) is 13.2 Å². The van der Waals surface area contributed by atoms with E-state index in [1.807, 2.05) is 40.9 Å². The van der Waals surface area contributed by atoms with Gasteiger partial charge >= 0.3 is 12.1 Å². The lowest BCUT2D eigenvalue weighted by Gasteiger charge is -2.40. The van der Waals surface area contributed by atoms with Gasteiger partial charge in [-0.15, -0.1) is 5.10 Å². The molecule has 0 unspecified atom stereocenters. The summed E-state index contributed by atoms with van der Waals surface area (Å²) in [6, 6.07) is 16.6. The summed E-state index contributed by atoms with van der Waals surface area (Å²) in [6.07, 6.45) is -0.973. The zero-order valence-corrected chi connectivity index (χ0v) is 26.3. The minimum absolute atomic E-state index is 0.455. The summed E-state index contributed by atoms with van der Waals surface area (Å²) in [6.45, 7) is 5.85. The van der Waals surface area contributed by atoms with Crippen LogP contribution in [0.5, 0.6) is 17.2 Å². The van der Waals surface area contributed by atoms with Crippen LogP contribution in [0, 0.1) is 0 Å². The monoisotopic (exact) mass is 658 g/mol. The fraction of sp³-hybridized carbons (Fsp3) is 0.406. The second-order valence-corrected chi connectivity index (χ2v) is 10.9. The van der Waals surface area contributed by atoms with Gasteiger partial charge in [-0.05, 0) is 49.2 Å². The zero-order valence-electron chi connectivity index (χ0n) is 26.3. The van der Waals surface area contributed by atoms with Gasteiger partial charge in [0, 0.05) is 44.0 Å². The first-order chi connectivity index (χ1) is 22.6. The summed E-state index contributed by atoms with van der Waals surface area (Å²) in [4.78, 5) is 18.5. The lowest BCUT2D eigenvalue weighted by atomic mass is 10.0. The fourth-order valence-electron chi connectivity index (χ4n) is 5.78. The minimum atomic E-state index is -5.08. The largest absolute Gasteiger partial charge is 0.496 e. The van der Waals surface area contributed by atoms with Crippen LogP contribution in [0.4, 0.5) is 30.5 Å². The Kier molecular flexibility index (Phi) is 10.6. The number of anilines is 3. The molecule has 0 saturated carbocycles. The molecule has 2 fully saturated rings. The van der Waals surface area contributed by atoms with Gasteiger partial charge in [0.2, 0.25) is 5.95 Å². The van der Waals surface area contributed by atoms with E-state index in [-0.39, 0.29) is 0 Å².